The maximum Gasteiger partial charge on any atom is 0.238 e. The Labute approximate surface area is 264 Å². The topological polar surface area (TPSA) is 41.9 Å². The van der Waals surface area contributed by atoms with E-state index in [1.165, 1.54) is 32.0 Å². The van der Waals surface area contributed by atoms with E-state index in [1.54, 1.807) is 0 Å². The van der Waals surface area contributed by atoms with E-state index in [4.69, 9.17) is 15.0 Å². The molecular formula is C38H26N4S2. The smallest absolute Gasteiger partial charge is 0.238 e. The van der Waals surface area contributed by atoms with Gasteiger partial charge in [-0.2, -0.15) is 9.97 Å². The Bertz CT molecular complexity index is 2090. The van der Waals surface area contributed by atoms with E-state index in [9.17, 15) is 0 Å². The summed E-state index contributed by atoms with van der Waals surface area (Å²) in [6.45, 7) is 4.20. The number of rotatable bonds is 3. The van der Waals surface area contributed by atoms with Crippen molar-refractivity contribution in [2.45, 2.75) is 19.3 Å². The van der Waals surface area contributed by atoms with Crippen LogP contribution in [0.4, 0.5) is 17.3 Å². The van der Waals surface area contributed by atoms with Crippen molar-refractivity contribution < 1.29 is 0 Å². The molecule has 0 fully saturated rings. The van der Waals surface area contributed by atoms with Crippen molar-refractivity contribution in [2.24, 2.45) is 0 Å². The van der Waals surface area contributed by atoms with E-state index >= 15 is 0 Å². The number of anilines is 3. The Balaban J connectivity index is 1.35. The lowest BCUT2D eigenvalue weighted by Crippen LogP contribution is -2.36. The van der Waals surface area contributed by atoms with Crippen molar-refractivity contribution in [2.75, 3.05) is 4.90 Å². The summed E-state index contributed by atoms with van der Waals surface area (Å²) in [5.41, 5.74) is 11.2. The first-order valence-electron chi connectivity index (χ1n) is 14.7. The summed E-state index contributed by atoms with van der Waals surface area (Å²) >= 11 is 3.68. The maximum absolute atomic E-state index is 5.21. The molecule has 3 aromatic heterocycles. The minimum absolute atomic E-state index is 0.403. The summed E-state index contributed by atoms with van der Waals surface area (Å²) in [7, 11) is 0. The van der Waals surface area contributed by atoms with Crippen molar-refractivity contribution >= 4 is 40.0 Å². The van der Waals surface area contributed by atoms with Crippen molar-refractivity contribution in [3.8, 4) is 32.5 Å². The van der Waals surface area contributed by atoms with Crippen LogP contribution in [0.1, 0.15) is 33.4 Å². The number of benzene rings is 4. The van der Waals surface area contributed by atoms with E-state index in [0.29, 0.717) is 17.6 Å². The molecular weight excluding hydrogens is 577 g/mol. The average Bonchev–Trinajstić information content (AvgIpc) is 3.78. The summed E-state index contributed by atoms with van der Waals surface area (Å²) in [5, 5.41) is 4.47. The number of thiophene rings is 2. The number of aryl methyl sites for hydroxylation is 2. The summed E-state index contributed by atoms with van der Waals surface area (Å²) in [4.78, 5) is 20.4. The molecule has 0 bridgehead atoms. The largest absolute Gasteiger partial charge is 0.278 e. The summed E-state index contributed by atoms with van der Waals surface area (Å²) in [6.07, 6.45) is 0. The number of aromatic nitrogens is 3. The van der Waals surface area contributed by atoms with E-state index in [1.807, 2.05) is 22.7 Å². The first-order chi connectivity index (χ1) is 21.6. The molecule has 0 atom stereocenters. The van der Waals surface area contributed by atoms with Crippen molar-refractivity contribution in [1.29, 1.82) is 0 Å². The highest BCUT2D eigenvalue weighted by molar-refractivity contribution is 7.21. The SMILES string of the molecule is Cc1cccc(-c2nc(-c3cccc(C)c3)nc(N3c4ccccc4C4(c5ccccc53)c3ccsc3-c3sccc34)n2)c1. The lowest BCUT2D eigenvalue weighted by Gasteiger charge is -2.43. The third-order valence-electron chi connectivity index (χ3n) is 8.82. The van der Waals surface area contributed by atoms with E-state index in [0.717, 1.165) is 33.6 Å². The Morgan fingerprint density at radius 3 is 1.52 bits per heavy atom. The molecule has 4 aromatic carbocycles. The van der Waals surface area contributed by atoms with Crippen LogP contribution in [-0.2, 0) is 5.41 Å². The third kappa shape index (κ3) is 3.52. The molecule has 0 amide bonds. The molecule has 0 N–H and O–H groups in total. The molecule has 4 nitrogen and oxygen atoms in total. The highest BCUT2D eigenvalue weighted by atomic mass is 32.1. The molecule has 2 aliphatic rings. The van der Waals surface area contributed by atoms with Crippen LogP contribution in [0.25, 0.3) is 32.5 Å². The number of hydrogen-bond donors (Lipinski definition) is 0. The summed E-state index contributed by atoms with van der Waals surface area (Å²) in [6, 6.07) is 39.0. The fraction of sp³-hybridized carbons (Fsp3) is 0.0789. The minimum atomic E-state index is -0.403. The molecule has 1 aliphatic heterocycles. The Morgan fingerprint density at radius 1 is 0.523 bits per heavy atom. The van der Waals surface area contributed by atoms with Gasteiger partial charge >= 0.3 is 0 Å². The molecule has 210 valence electrons. The number of fused-ring (bicyclic) bond motifs is 9. The van der Waals surface area contributed by atoms with Crippen LogP contribution < -0.4 is 4.90 Å². The van der Waals surface area contributed by atoms with E-state index in [2.05, 4.69) is 139 Å². The minimum Gasteiger partial charge on any atom is -0.278 e. The second-order valence-electron chi connectivity index (χ2n) is 11.5. The predicted octanol–water partition coefficient (Wildman–Crippen LogP) is 10.1. The molecule has 0 unspecified atom stereocenters. The van der Waals surface area contributed by atoms with E-state index < -0.39 is 5.41 Å². The molecule has 1 aliphatic carbocycles. The van der Waals surface area contributed by atoms with Crippen molar-refractivity contribution in [3.05, 3.63) is 153 Å². The lowest BCUT2D eigenvalue weighted by molar-refractivity contribution is 0.752. The van der Waals surface area contributed by atoms with Crippen LogP contribution >= 0.6 is 22.7 Å². The second-order valence-corrected chi connectivity index (χ2v) is 13.3. The molecule has 4 heterocycles. The zero-order valence-electron chi connectivity index (χ0n) is 24.2. The number of hydrogen-bond acceptors (Lipinski definition) is 6. The molecule has 0 saturated carbocycles. The lowest BCUT2D eigenvalue weighted by atomic mass is 9.65. The van der Waals surface area contributed by atoms with Gasteiger partial charge in [0.25, 0.3) is 0 Å². The van der Waals surface area contributed by atoms with Crippen LogP contribution in [-0.4, -0.2) is 15.0 Å². The first kappa shape index (κ1) is 25.6. The van der Waals surface area contributed by atoms with Crippen LogP contribution in [0.5, 0.6) is 0 Å². The number of nitrogens with zero attached hydrogens (tertiary/aromatic N) is 4. The quantitative estimate of drug-likeness (QED) is 0.202. The fourth-order valence-corrected chi connectivity index (χ4v) is 9.14. The van der Waals surface area contributed by atoms with E-state index in [-0.39, 0.29) is 0 Å². The molecule has 1 spiro atoms. The van der Waals surface area contributed by atoms with Gasteiger partial charge in [0.2, 0.25) is 5.95 Å². The van der Waals surface area contributed by atoms with Crippen LogP contribution in [0, 0.1) is 13.8 Å². The van der Waals surface area contributed by atoms with Crippen molar-refractivity contribution in [3.63, 3.8) is 0 Å². The Kier molecular flexibility index (Phi) is 5.55. The Morgan fingerprint density at radius 2 is 1.02 bits per heavy atom. The summed E-state index contributed by atoms with van der Waals surface area (Å²) in [5.74, 6) is 1.93. The molecule has 0 saturated heterocycles. The maximum atomic E-state index is 5.21. The highest BCUT2D eigenvalue weighted by Gasteiger charge is 2.53. The van der Waals surface area contributed by atoms with Gasteiger partial charge in [0, 0.05) is 20.9 Å². The summed E-state index contributed by atoms with van der Waals surface area (Å²) < 4.78 is 0. The van der Waals surface area contributed by atoms with Gasteiger partial charge in [0.05, 0.1) is 16.8 Å². The molecule has 6 heteroatoms. The van der Waals surface area contributed by atoms with Crippen molar-refractivity contribution in [1.82, 2.24) is 15.0 Å². The highest BCUT2D eigenvalue weighted by Crippen LogP contribution is 2.65. The van der Waals surface area contributed by atoms with Gasteiger partial charge in [-0.05, 0) is 83.3 Å². The standard InChI is InChI=1S/C38H26N4S2/c1-23-9-7-11-25(21-23)35-39-36(26-12-8-10-24(2)22-26)41-37(40-35)42-31-15-5-3-13-27(31)38(28-14-4-6-16-32(28)42)29-17-19-43-33(29)34-30(38)18-20-44-34/h3-22H,1-2H3. The molecule has 0 radical (unpaired) electrons. The van der Waals surface area contributed by atoms with Crippen LogP contribution in [0.2, 0.25) is 0 Å². The monoisotopic (exact) mass is 602 g/mol. The molecule has 44 heavy (non-hydrogen) atoms. The van der Waals surface area contributed by atoms with Gasteiger partial charge < -0.3 is 0 Å². The third-order valence-corrected chi connectivity index (χ3v) is 10.8. The van der Waals surface area contributed by atoms with Crippen LogP contribution in [0.3, 0.4) is 0 Å². The normalized spacial score (nSPS) is 13.8. The van der Waals surface area contributed by atoms with Gasteiger partial charge in [-0.15, -0.1) is 22.7 Å². The number of para-hydroxylation sites is 2. The van der Waals surface area contributed by atoms with Gasteiger partial charge in [-0.25, -0.2) is 4.98 Å². The first-order valence-corrected chi connectivity index (χ1v) is 16.4. The van der Waals surface area contributed by atoms with Gasteiger partial charge in [-0.1, -0.05) is 83.9 Å². The molecule has 9 rings (SSSR count). The predicted molar refractivity (Wildman–Crippen MR) is 181 cm³/mol. The van der Waals surface area contributed by atoms with Crippen LogP contribution in [0.15, 0.2) is 120 Å². The molecule has 7 aromatic rings. The Hall–Kier alpha value is -4.91. The fourth-order valence-electron chi connectivity index (χ4n) is 7.04. The zero-order valence-corrected chi connectivity index (χ0v) is 25.8. The second kappa shape index (κ2) is 9.55. The van der Waals surface area contributed by atoms with Gasteiger partial charge in [-0.3, -0.25) is 4.90 Å². The van der Waals surface area contributed by atoms with Gasteiger partial charge in [0.15, 0.2) is 11.6 Å². The average molecular weight is 603 g/mol. The zero-order chi connectivity index (χ0) is 29.4. The van der Waals surface area contributed by atoms with Gasteiger partial charge in [0.1, 0.15) is 0 Å².